The van der Waals surface area contributed by atoms with Gasteiger partial charge in [0.15, 0.2) is 5.82 Å². The molecule has 0 amide bonds. The van der Waals surface area contributed by atoms with Crippen LogP contribution in [-0.4, -0.2) is 15.9 Å². The van der Waals surface area contributed by atoms with Crippen molar-refractivity contribution >= 4 is 5.97 Å². The largest absolute Gasteiger partial charge is 0.426 e. The van der Waals surface area contributed by atoms with Gasteiger partial charge in [-0.15, -0.1) is 0 Å². The summed E-state index contributed by atoms with van der Waals surface area (Å²) in [5.41, 5.74) is 1.78. The maximum absolute atomic E-state index is 12.8. The minimum Gasteiger partial charge on any atom is -0.426 e. The van der Waals surface area contributed by atoms with E-state index < -0.39 is 0 Å². The van der Waals surface area contributed by atoms with Crippen molar-refractivity contribution in [3.63, 3.8) is 0 Å². The average Bonchev–Trinajstić information content (AvgIpc) is 2.87. The van der Waals surface area contributed by atoms with E-state index >= 15 is 0 Å². The summed E-state index contributed by atoms with van der Waals surface area (Å²) >= 11 is 0. The molecule has 2 aromatic rings. The SMILES string of the molecule is CCCCCCCC[C@]1(C#N)CC[C@H](C(=O)Oc2ccc(-c3ncc(CCC)cn3)cc2)CC1. The third-order valence-corrected chi connectivity index (χ3v) is 7.10. The highest BCUT2D eigenvalue weighted by atomic mass is 16.5. The first-order valence-corrected chi connectivity index (χ1v) is 13.1. The second kappa shape index (κ2) is 13.2. The van der Waals surface area contributed by atoms with E-state index in [0.717, 1.165) is 62.5 Å². The Labute approximate surface area is 205 Å². The molecule has 3 rings (SSSR count). The number of benzene rings is 1. The fraction of sp³-hybridized carbons (Fsp3) is 0.586. The highest BCUT2D eigenvalue weighted by Gasteiger charge is 2.37. The van der Waals surface area contributed by atoms with Crippen molar-refractivity contribution in [2.24, 2.45) is 11.3 Å². The average molecular weight is 462 g/mol. The summed E-state index contributed by atoms with van der Waals surface area (Å²) in [6, 6.07) is 9.98. The lowest BCUT2D eigenvalue weighted by Gasteiger charge is -2.34. The molecule has 5 nitrogen and oxygen atoms in total. The third-order valence-electron chi connectivity index (χ3n) is 7.10. The Morgan fingerprint density at radius 2 is 1.65 bits per heavy atom. The van der Waals surface area contributed by atoms with Gasteiger partial charge in [-0.1, -0.05) is 58.8 Å². The Morgan fingerprint density at radius 1 is 1.00 bits per heavy atom. The molecule has 0 atom stereocenters. The summed E-state index contributed by atoms with van der Waals surface area (Å²) in [5, 5.41) is 9.83. The number of aromatic nitrogens is 2. The first-order valence-electron chi connectivity index (χ1n) is 13.1. The molecule has 1 aromatic carbocycles. The van der Waals surface area contributed by atoms with Gasteiger partial charge in [0.1, 0.15) is 5.75 Å². The first-order chi connectivity index (χ1) is 16.6. The van der Waals surface area contributed by atoms with E-state index in [1.54, 1.807) is 12.1 Å². The van der Waals surface area contributed by atoms with Gasteiger partial charge >= 0.3 is 5.97 Å². The molecule has 34 heavy (non-hydrogen) atoms. The molecule has 1 aliphatic carbocycles. The van der Waals surface area contributed by atoms with Crippen molar-refractivity contribution in [3.8, 4) is 23.2 Å². The Hall–Kier alpha value is -2.74. The van der Waals surface area contributed by atoms with Crippen molar-refractivity contribution in [3.05, 3.63) is 42.2 Å². The molecule has 1 saturated carbocycles. The van der Waals surface area contributed by atoms with E-state index in [4.69, 9.17) is 4.74 Å². The molecular weight excluding hydrogens is 422 g/mol. The number of hydrogen-bond donors (Lipinski definition) is 0. The molecule has 1 aromatic heterocycles. The zero-order valence-electron chi connectivity index (χ0n) is 20.9. The number of ether oxygens (including phenoxy) is 1. The van der Waals surface area contributed by atoms with Crippen LogP contribution in [0.5, 0.6) is 5.75 Å². The fourth-order valence-electron chi connectivity index (χ4n) is 4.86. The van der Waals surface area contributed by atoms with Gasteiger partial charge in [0, 0.05) is 18.0 Å². The summed E-state index contributed by atoms with van der Waals surface area (Å²) in [4.78, 5) is 21.6. The molecule has 0 spiro atoms. The highest BCUT2D eigenvalue weighted by molar-refractivity contribution is 5.75. The molecule has 0 aliphatic heterocycles. The number of hydrogen-bond acceptors (Lipinski definition) is 5. The Kier molecular flexibility index (Phi) is 10.1. The predicted octanol–water partition coefficient (Wildman–Crippen LogP) is 7.45. The summed E-state index contributed by atoms with van der Waals surface area (Å²) in [7, 11) is 0. The van der Waals surface area contributed by atoms with E-state index in [-0.39, 0.29) is 17.3 Å². The number of nitrogens with zero attached hydrogens (tertiary/aromatic N) is 3. The molecule has 0 bridgehead atoms. The Bertz CT molecular complexity index is 923. The van der Waals surface area contributed by atoms with Gasteiger partial charge in [0.25, 0.3) is 0 Å². The molecule has 0 unspecified atom stereocenters. The van der Waals surface area contributed by atoms with Crippen LogP contribution in [0, 0.1) is 22.7 Å². The van der Waals surface area contributed by atoms with E-state index in [1.165, 1.54) is 32.1 Å². The van der Waals surface area contributed by atoms with Crippen LogP contribution in [0.3, 0.4) is 0 Å². The molecule has 0 radical (unpaired) electrons. The zero-order valence-corrected chi connectivity index (χ0v) is 20.9. The summed E-state index contributed by atoms with van der Waals surface area (Å²) < 4.78 is 5.67. The third kappa shape index (κ3) is 7.38. The highest BCUT2D eigenvalue weighted by Crippen LogP contribution is 2.42. The smallest absolute Gasteiger partial charge is 0.314 e. The van der Waals surface area contributed by atoms with Crippen molar-refractivity contribution in [1.82, 2.24) is 9.97 Å². The second-order valence-electron chi connectivity index (χ2n) is 9.79. The van der Waals surface area contributed by atoms with Gasteiger partial charge in [-0.05, 0) is 68.4 Å². The van der Waals surface area contributed by atoms with Crippen LogP contribution >= 0.6 is 0 Å². The number of nitriles is 1. The van der Waals surface area contributed by atoms with Crippen LogP contribution in [0.4, 0.5) is 0 Å². The van der Waals surface area contributed by atoms with Gasteiger partial charge in [-0.2, -0.15) is 5.26 Å². The fourth-order valence-corrected chi connectivity index (χ4v) is 4.86. The topological polar surface area (TPSA) is 75.9 Å². The number of aryl methyl sites for hydroxylation is 1. The number of rotatable bonds is 12. The second-order valence-corrected chi connectivity index (χ2v) is 9.79. The van der Waals surface area contributed by atoms with Crippen LogP contribution in [0.2, 0.25) is 0 Å². The van der Waals surface area contributed by atoms with Crippen molar-refractivity contribution in [2.45, 2.75) is 97.3 Å². The van der Waals surface area contributed by atoms with E-state index in [0.29, 0.717) is 11.6 Å². The standard InChI is InChI=1S/C29H39N3O2/c1-3-5-6-7-8-9-17-29(22-30)18-15-25(16-19-29)28(33)34-26-13-11-24(12-14-26)27-31-20-23(10-4-2)21-32-27/h11-14,20-21,25H,3-10,15-19H2,1-2H3/t25-,29-. The van der Waals surface area contributed by atoms with E-state index in [1.807, 2.05) is 24.5 Å². The van der Waals surface area contributed by atoms with Crippen LogP contribution in [0.25, 0.3) is 11.4 Å². The van der Waals surface area contributed by atoms with Crippen LogP contribution in [-0.2, 0) is 11.2 Å². The monoisotopic (exact) mass is 461 g/mol. The predicted molar refractivity (Wildman–Crippen MR) is 135 cm³/mol. The maximum Gasteiger partial charge on any atom is 0.314 e. The Morgan fingerprint density at radius 3 is 2.26 bits per heavy atom. The molecule has 1 fully saturated rings. The van der Waals surface area contributed by atoms with Crippen LogP contribution in [0.15, 0.2) is 36.7 Å². The molecule has 1 heterocycles. The minimum absolute atomic E-state index is 0.125. The number of carbonyl (C=O) groups is 1. The van der Waals surface area contributed by atoms with Crippen LogP contribution < -0.4 is 4.74 Å². The molecule has 1 aliphatic rings. The van der Waals surface area contributed by atoms with Gasteiger partial charge in [-0.3, -0.25) is 4.79 Å². The number of esters is 1. The summed E-state index contributed by atoms with van der Waals surface area (Å²) in [6.07, 6.45) is 17.2. The molecule has 182 valence electrons. The normalized spacial score (nSPS) is 20.0. The lowest BCUT2D eigenvalue weighted by Crippen LogP contribution is -2.31. The van der Waals surface area contributed by atoms with Gasteiger partial charge < -0.3 is 4.74 Å². The van der Waals surface area contributed by atoms with Crippen molar-refractivity contribution in [2.75, 3.05) is 0 Å². The van der Waals surface area contributed by atoms with Crippen molar-refractivity contribution < 1.29 is 9.53 Å². The number of unbranched alkanes of at least 4 members (excludes halogenated alkanes) is 5. The quantitative estimate of drug-likeness (QED) is 0.186. The van der Waals surface area contributed by atoms with Gasteiger partial charge in [0.05, 0.1) is 17.4 Å². The minimum atomic E-state index is -0.254. The molecule has 0 saturated heterocycles. The molecule has 5 heteroatoms. The lowest BCUT2D eigenvalue weighted by molar-refractivity contribution is -0.140. The summed E-state index contributed by atoms with van der Waals surface area (Å²) in [5.74, 6) is 0.906. The van der Waals surface area contributed by atoms with Gasteiger partial charge in [-0.25, -0.2) is 9.97 Å². The molecule has 0 N–H and O–H groups in total. The first kappa shape index (κ1) is 25.9. The summed E-state index contributed by atoms with van der Waals surface area (Å²) in [6.45, 7) is 4.36. The zero-order chi connectivity index (χ0) is 24.2. The molecular formula is C29H39N3O2. The van der Waals surface area contributed by atoms with Gasteiger partial charge in [0.2, 0.25) is 0 Å². The number of carbonyl (C=O) groups excluding carboxylic acids is 1. The van der Waals surface area contributed by atoms with Crippen molar-refractivity contribution in [1.29, 1.82) is 5.26 Å². The van der Waals surface area contributed by atoms with E-state index in [2.05, 4.69) is 29.9 Å². The van der Waals surface area contributed by atoms with E-state index in [9.17, 15) is 10.1 Å². The lowest BCUT2D eigenvalue weighted by atomic mass is 9.69. The maximum atomic E-state index is 12.8. The van der Waals surface area contributed by atoms with Crippen LogP contribution in [0.1, 0.15) is 96.5 Å². The Balaban J connectivity index is 1.46.